The van der Waals surface area contributed by atoms with Crippen LogP contribution in [0.1, 0.15) is 18.4 Å². The molecule has 1 unspecified atom stereocenters. The van der Waals surface area contributed by atoms with Gasteiger partial charge in [-0.1, -0.05) is 6.07 Å². The highest BCUT2D eigenvalue weighted by molar-refractivity contribution is 7.99. The minimum Gasteiger partial charge on any atom is -0.396 e. The average Bonchev–Trinajstić information content (AvgIpc) is 2.47. The molecule has 1 aliphatic rings. The zero-order valence-electron chi connectivity index (χ0n) is 11.8. The number of hydrogen-bond donors (Lipinski definition) is 1. The monoisotopic (exact) mass is 319 g/mol. The first-order valence-corrected chi connectivity index (χ1v) is 8.11. The Balaban J connectivity index is 1.81. The summed E-state index contributed by atoms with van der Waals surface area (Å²) in [5.74, 6) is 1.11. The van der Waals surface area contributed by atoms with E-state index in [1.165, 1.54) is 23.9 Å². The lowest BCUT2D eigenvalue weighted by Gasteiger charge is -2.31. The fourth-order valence-corrected chi connectivity index (χ4v) is 3.53. The van der Waals surface area contributed by atoms with Gasteiger partial charge in [0.2, 0.25) is 0 Å². The molecule has 2 nitrogen and oxygen atoms in total. The van der Waals surface area contributed by atoms with Gasteiger partial charge in [0, 0.05) is 30.3 Å². The number of halogens is 3. The van der Waals surface area contributed by atoms with Crippen molar-refractivity contribution in [3.05, 3.63) is 29.8 Å². The fraction of sp³-hybridized carbons (Fsp3) is 0.600. The standard InChI is InChI=1S/C15H20F3NOS/c16-15(17,18)13-4-1-5-14(9-13)21-8-7-19-6-2-3-12(10-19)11-20/h1,4-5,9,12,20H,2-3,6-8,10-11H2. The molecule has 1 heterocycles. The molecular formula is C15H20F3NOS. The van der Waals surface area contributed by atoms with E-state index in [1.807, 2.05) is 0 Å². The van der Waals surface area contributed by atoms with Crippen molar-refractivity contribution < 1.29 is 18.3 Å². The molecule has 0 radical (unpaired) electrons. The normalized spacial score (nSPS) is 20.7. The van der Waals surface area contributed by atoms with Crippen molar-refractivity contribution in [3.63, 3.8) is 0 Å². The number of thioether (sulfide) groups is 1. The second-order valence-electron chi connectivity index (χ2n) is 5.37. The van der Waals surface area contributed by atoms with Gasteiger partial charge in [-0.3, -0.25) is 0 Å². The van der Waals surface area contributed by atoms with Crippen LogP contribution in [0.3, 0.4) is 0 Å². The lowest BCUT2D eigenvalue weighted by Crippen LogP contribution is -2.38. The molecule has 1 N–H and O–H groups in total. The molecule has 21 heavy (non-hydrogen) atoms. The summed E-state index contributed by atoms with van der Waals surface area (Å²) in [5.41, 5.74) is -0.592. The molecule has 0 saturated carbocycles. The van der Waals surface area contributed by atoms with E-state index in [9.17, 15) is 18.3 Å². The molecular weight excluding hydrogens is 299 g/mol. The third-order valence-electron chi connectivity index (χ3n) is 3.70. The number of rotatable bonds is 5. The van der Waals surface area contributed by atoms with E-state index in [4.69, 9.17) is 0 Å². The van der Waals surface area contributed by atoms with Gasteiger partial charge >= 0.3 is 6.18 Å². The van der Waals surface area contributed by atoms with Crippen LogP contribution in [0.15, 0.2) is 29.2 Å². The maximum absolute atomic E-state index is 12.6. The summed E-state index contributed by atoms with van der Waals surface area (Å²) < 4.78 is 37.9. The molecule has 1 fully saturated rings. The van der Waals surface area contributed by atoms with Crippen LogP contribution in [0.4, 0.5) is 13.2 Å². The molecule has 0 aliphatic carbocycles. The lowest BCUT2D eigenvalue weighted by atomic mass is 9.99. The maximum atomic E-state index is 12.6. The number of likely N-dealkylation sites (tertiary alicyclic amines) is 1. The van der Waals surface area contributed by atoms with Crippen LogP contribution in [0.5, 0.6) is 0 Å². The van der Waals surface area contributed by atoms with Gasteiger partial charge in [0.15, 0.2) is 0 Å². The summed E-state index contributed by atoms with van der Waals surface area (Å²) in [7, 11) is 0. The Morgan fingerprint density at radius 1 is 1.33 bits per heavy atom. The summed E-state index contributed by atoms with van der Waals surface area (Å²) in [6, 6.07) is 5.47. The van der Waals surface area contributed by atoms with Gasteiger partial charge in [-0.25, -0.2) is 0 Å². The zero-order chi connectivity index (χ0) is 15.3. The summed E-state index contributed by atoms with van der Waals surface area (Å²) in [6.45, 7) is 2.97. The second kappa shape index (κ2) is 7.51. The highest BCUT2D eigenvalue weighted by Gasteiger charge is 2.30. The molecule has 1 aromatic carbocycles. The van der Waals surface area contributed by atoms with Gasteiger partial charge in [-0.2, -0.15) is 13.2 Å². The predicted octanol–water partition coefficient (Wildman–Crippen LogP) is 3.50. The largest absolute Gasteiger partial charge is 0.416 e. The Morgan fingerprint density at radius 3 is 2.86 bits per heavy atom. The summed E-state index contributed by atoms with van der Waals surface area (Å²) in [6.07, 6.45) is -2.13. The van der Waals surface area contributed by atoms with Crippen LogP contribution < -0.4 is 0 Å². The molecule has 1 saturated heterocycles. The van der Waals surface area contributed by atoms with Gasteiger partial charge in [-0.05, 0) is 43.5 Å². The maximum Gasteiger partial charge on any atom is 0.416 e. The number of aliphatic hydroxyl groups excluding tert-OH is 1. The quantitative estimate of drug-likeness (QED) is 0.840. The van der Waals surface area contributed by atoms with Gasteiger partial charge in [0.25, 0.3) is 0 Å². The molecule has 6 heteroatoms. The molecule has 0 spiro atoms. The smallest absolute Gasteiger partial charge is 0.396 e. The van der Waals surface area contributed by atoms with E-state index in [-0.39, 0.29) is 6.61 Å². The van der Waals surface area contributed by atoms with Crippen LogP contribution in [0.25, 0.3) is 0 Å². The molecule has 0 amide bonds. The van der Waals surface area contributed by atoms with Crippen molar-refractivity contribution in [2.24, 2.45) is 5.92 Å². The molecule has 0 bridgehead atoms. The predicted molar refractivity (Wildman–Crippen MR) is 78.4 cm³/mol. The number of piperidine rings is 1. The Bertz CT molecular complexity index is 453. The van der Waals surface area contributed by atoms with Crippen molar-refractivity contribution in [1.29, 1.82) is 0 Å². The van der Waals surface area contributed by atoms with Crippen molar-refractivity contribution in [2.45, 2.75) is 23.9 Å². The van der Waals surface area contributed by atoms with Gasteiger partial charge in [-0.15, -0.1) is 11.8 Å². The molecule has 118 valence electrons. The van der Waals surface area contributed by atoms with E-state index in [1.54, 1.807) is 6.07 Å². The fourth-order valence-electron chi connectivity index (χ4n) is 2.56. The summed E-state index contributed by atoms with van der Waals surface area (Å²) in [5, 5.41) is 9.18. The topological polar surface area (TPSA) is 23.5 Å². The lowest BCUT2D eigenvalue weighted by molar-refractivity contribution is -0.137. The second-order valence-corrected chi connectivity index (χ2v) is 6.53. The first-order chi connectivity index (χ1) is 9.99. The molecule has 1 aromatic rings. The van der Waals surface area contributed by atoms with Crippen molar-refractivity contribution in [2.75, 3.05) is 32.0 Å². The summed E-state index contributed by atoms with van der Waals surface area (Å²) >= 11 is 1.45. The van der Waals surface area contributed by atoms with Crippen LogP contribution in [-0.2, 0) is 6.18 Å². The molecule has 2 rings (SSSR count). The molecule has 1 atom stereocenters. The Morgan fingerprint density at radius 2 is 2.14 bits per heavy atom. The van der Waals surface area contributed by atoms with Crippen molar-refractivity contribution in [3.8, 4) is 0 Å². The molecule has 1 aliphatic heterocycles. The highest BCUT2D eigenvalue weighted by Crippen LogP contribution is 2.31. The minimum absolute atomic E-state index is 0.220. The molecule has 0 aromatic heterocycles. The minimum atomic E-state index is -4.28. The van der Waals surface area contributed by atoms with E-state index in [0.717, 1.165) is 44.3 Å². The average molecular weight is 319 g/mol. The number of hydrogen-bond acceptors (Lipinski definition) is 3. The van der Waals surface area contributed by atoms with Crippen molar-refractivity contribution >= 4 is 11.8 Å². The first kappa shape index (κ1) is 16.6. The van der Waals surface area contributed by atoms with Gasteiger partial charge in [0.05, 0.1) is 5.56 Å². The third-order valence-corrected chi connectivity index (χ3v) is 4.67. The summed E-state index contributed by atoms with van der Waals surface area (Å²) in [4.78, 5) is 2.94. The van der Waals surface area contributed by atoms with Crippen LogP contribution >= 0.6 is 11.8 Å². The van der Waals surface area contributed by atoms with E-state index in [0.29, 0.717) is 10.8 Å². The number of benzene rings is 1. The SMILES string of the molecule is OCC1CCCN(CCSc2cccc(C(F)(F)F)c2)C1. The van der Waals surface area contributed by atoms with Crippen LogP contribution in [0.2, 0.25) is 0 Å². The number of nitrogens with zero attached hydrogens (tertiary/aromatic N) is 1. The number of alkyl halides is 3. The van der Waals surface area contributed by atoms with Crippen molar-refractivity contribution in [1.82, 2.24) is 4.90 Å². The Kier molecular flexibility index (Phi) is 5.96. The highest BCUT2D eigenvalue weighted by atomic mass is 32.2. The van der Waals surface area contributed by atoms with Gasteiger partial charge < -0.3 is 10.0 Å². The third kappa shape index (κ3) is 5.20. The first-order valence-electron chi connectivity index (χ1n) is 7.12. The van der Waals surface area contributed by atoms with Gasteiger partial charge in [0.1, 0.15) is 0 Å². The zero-order valence-corrected chi connectivity index (χ0v) is 12.6. The van der Waals surface area contributed by atoms with Crippen LogP contribution in [0, 0.1) is 5.92 Å². The van der Waals surface area contributed by atoms with E-state index >= 15 is 0 Å². The Hall–Kier alpha value is -0.720. The van der Waals surface area contributed by atoms with Crippen LogP contribution in [-0.4, -0.2) is 42.0 Å². The van der Waals surface area contributed by atoms with E-state index in [2.05, 4.69) is 4.90 Å². The number of aliphatic hydroxyl groups is 1. The van der Waals surface area contributed by atoms with E-state index < -0.39 is 11.7 Å². The Labute approximate surface area is 127 Å².